The van der Waals surface area contributed by atoms with Crippen LogP contribution in [-0.4, -0.2) is 38.6 Å². The van der Waals surface area contributed by atoms with Crippen LogP contribution in [0.25, 0.3) is 11.1 Å². The van der Waals surface area contributed by atoms with Gasteiger partial charge in [-0.15, -0.1) is 0 Å². The van der Waals surface area contributed by atoms with Crippen LogP contribution >= 0.6 is 0 Å². The van der Waals surface area contributed by atoms with E-state index >= 15 is 0 Å². The zero-order valence-electron chi connectivity index (χ0n) is 21.6. The number of amides is 1. The van der Waals surface area contributed by atoms with Crippen LogP contribution in [0.3, 0.4) is 0 Å². The minimum atomic E-state index is -0.566. The first-order valence-electron chi connectivity index (χ1n) is 12.4. The second kappa shape index (κ2) is 11.0. The lowest BCUT2D eigenvalue weighted by Gasteiger charge is -2.35. The molecule has 0 aliphatic carbocycles. The minimum Gasteiger partial charge on any atom is -0.335 e. The maximum atomic E-state index is 13.8. The molecule has 0 unspecified atom stereocenters. The van der Waals surface area contributed by atoms with E-state index in [0.717, 1.165) is 11.1 Å². The predicted octanol–water partition coefficient (Wildman–Crippen LogP) is 4.38. The van der Waals surface area contributed by atoms with Gasteiger partial charge in [0.25, 0.3) is 17.2 Å². The molecule has 0 saturated carbocycles. The molecule has 0 aliphatic heterocycles. The molecule has 0 radical (unpaired) electrons. The van der Waals surface area contributed by atoms with Gasteiger partial charge in [-0.3, -0.25) is 14.2 Å². The lowest BCUT2D eigenvalue weighted by molar-refractivity contribution is 0.0602. The molecular formula is C28H32FN5O3. The van der Waals surface area contributed by atoms with Gasteiger partial charge in [0, 0.05) is 12.1 Å². The number of carbonyl (C=O) groups is 1. The first-order chi connectivity index (χ1) is 17.7. The Kier molecular flexibility index (Phi) is 7.83. The van der Waals surface area contributed by atoms with Crippen molar-refractivity contribution in [1.29, 1.82) is 0 Å². The number of rotatable bonds is 9. The Morgan fingerprint density at radius 2 is 1.78 bits per heavy atom. The van der Waals surface area contributed by atoms with E-state index in [1.54, 1.807) is 40.7 Å². The summed E-state index contributed by atoms with van der Waals surface area (Å²) in [6.45, 7) is 8.54. The summed E-state index contributed by atoms with van der Waals surface area (Å²) in [5.74, 6) is -0.273. The standard InChI is InChI=1S/C28H32FN5O3/c1-17(2)24(33(15-5-14-30)27(35)21-10-6-18(3)7-11-21)25-31-26-23(19(4)32-37-26)28(36)34(25)16-20-8-12-22(29)13-9-20/h6-13,17,24H,5,14-16,30H2,1-4H3/t24-/m1/s1. The van der Waals surface area contributed by atoms with Crippen LogP contribution in [0.1, 0.15) is 59.3 Å². The van der Waals surface area contributed by atoms with E-state index in [0.29, 0.717) is 36.6 Å². The smallest absolute Gasteiger partial charge is 0.267 e. The molecule has 0 bridgehead atoms. The molecule has 2 aromatic heterocycles. The molecule has 4 rings (SSSR count). The molecule has 2 aromatic carbocycles. The Morgan fingerprint density at radius 3 is 2.41 bits per heavy atom. The fourth-order valence-electron chi connectivity index (χ4n) is 4.52. The van der Waals surface area contributed by atoms with E-state index in [1.807, 2.05) is 32.9 Å². The Balaban J connectivity index is 1.90. The van der Waals surface area contributed by atoms with Crippen molar-refractivity contribution in [3.05, 3.63) is 92.9 Å². The van der Waals surface area contributed by atoms with Crippen LogP contribution in [-0.2, 0) is 6.54 Å². The van der Waals surface area contributed by atoms with Gasteiger partial charge >= 0.3 is 0 Å². The Morgan fingerprint density at radius 1 is 1.11 bits per heavy atom. The highest BCUT2D eigenvalue weighted by Gasteiger charge is 2.33. The first kappa shape index (κ1) is 26.2. The third-order valence-corrected chi connectivity index (χ3v) is 6.44. The lowest BCUT2D eigenvalue weighted by atomic mass is 9.98. The summed E-state index contributed by atoms with van der Waals surface area (Å²) in [5.41, 5.74) is 8.38. The highest BCUT2D eigenvalue weighted by molar-refractivity contribution is 5.94. The Bertz CT molecular complexity index is 1440. The SMILES string of the molecule is Cc1ccc(C(=O)N(CCCN)[C@@H](c2nc3onc(C)c3c(=O)n2Cc2ccc(F)cc2)C(C)C)cc1. The number of hydrogen-bond acceptors (Lipinski definition) is 6. The number of nitrogens with two attached hydrogens (primary N) is 1. The van der Waals surface area contributed by atoms with Crippen LogP contribution in [0.5, 0.6) is 0 Å². The zero-order chi connectivity index (χ0) is 26.7. The number of carbonyl (C=O) groups excluding carboxylic acids is 1. The van der Waals surface area contributed by atoms with Crippen molar-refractivity contribution < 1.29 is 13.7 Å². The van der Waals surface area contributed by atoms with Gasteiger partial charge < -0.3 is 15.2 Å². The maximum Gasteiger partial charge on any atom is 0.267 e. The Hall–Kier alpha value is -3.85. The molecule has 0 fully saturated rings. The number of halogens is 1. The van der Waals surface area contributed by atoms with Crippen LogP contribution in [0.4, 0.5) is 4.39 Å². The number of nitrogens with zero attached hydrogens (tertiary/aromatic N) is 4. The Labute approximate surface area is 214 Å². The van der Waals surface area contributed by atoms with Gasteiger partial charge in [-0.2, -0.15) is 4.98 Å². The van der Waals surface area contributed by atoms with E-state index in [4.69, 9.17) is 15.2 Å². The van der Waals surface area contributed by atoms with Gasteiger partial charge in [-0.05, 0) is 62.6 Å². The van der Waals surface area contributed by atoms with E-state index in [9.17, 15) is 14.0 Å². The van der Waals surface area contributed by atoms with Gasteiger partial charge in [0.15, 0.2) is 0 Å². The number of benzene rings is 2. The largest absolute Gasteiger partial charge is 0.335 e. The van der Waals surface area contributed by atoms with Gasteiger partial charge in [0.2, 0.25) is 0 Å². The van der Waals surface area contributed by atoms with E-state index in [1.165, 1.54) is 12.1 Å². The first-order valence-corrected chi connectivity index (χ1v) is 12.4. The highest BCUT2D eigenvalue weighted by Crippen LogP contribution is 2.30. The van der Waals surface area contributed by atoms with Crippen molar-refractivity contribution in [3.8, 4) is 0 Å². The molecule has 194 valence electrons. The predicted molar refractivity (Wildman–Crippen MR) is 140 cm³/mol. The monoisotopic (exact) mass is 505 g/mol. The summed E-state index contributed by atoms with van der Waals surface area (Å²) < 4.78 is 20.5. The topological polar surface area (TPSA) is 107 Å². The summed E-state index contributed by atoms with van der Waals surface area (Å²) >= 11 is 0. The van der Waals surface area contributed by atoms with Gasteiger partial charge in [-0.1, -0.05) is 48.8 Å². The quantitative estimate of drug-likeness (QED) is 0.362. The summed E-state index contributed by atoms with van der Waals surface area (Å²) in [5, 5.41) is 4.23. The molecule has 8 nitrogen and oxygen atoms in total. The molecule has 2 N–H and O–H groups in total. The minimum absolute atomic E-state index is 0.111. The van der Waals surface area contributed by atoms with Crippen LogP contribution in [0, 0.1) is 25.6 Å². The van der Waals surface area contributed by atoms with Crippen LogP contribution in [0.2, 0.25) is 0 Å². The molecule has 2 heterocycles. The molecule has 0 spiro atoms. The average Bonchev–Trinajstić information content (AvgIpc) is 3.25. The molecule has 1 amide bonds. The molecular weight excluding hydrogens is 473 g/mol. The van der Waals surface area contributed by atoms with Gasteiger partial charge in [0.05, 0.1) is 18.3 Å². The van der Waals surface area contributed by atoms with Crippen molar-refractivity contribution in [2.45, 2.75) is 46.7 Å². The summed E-state index contributed by atoms with van der Waals surface area (Å²) in [6.07, 6.45) is 0.576. The van der Waals surface area contributed by atoms with Crippen molar-refractivity contribution in [2.24, 2.45) is 11.7 Å². The van der Waals surface area contributed by atoms with E-state index < -0.39 is 6.04 Å². The van der Waals surface area contributed by atoms with E-state index in [2.05, 4.69) is 5.16 Å². The number of aryl methyl sites for hydroxylation is 2. The number of aromatic nitrogens is 3. The van der Waals surface area contributed by atoms with Crippen molar-refractivity contribution in [1.82, 2.24) is 19.6 Å². The average molecular weight is 506 g/mol. The molecule has 37 heavy (non-hydrogen) atoms. The normalized spacial score (nSPS) is 12.3. The number of hydrogen-bond donors (Lipinski definition) is 1. The fourth-order valence-corrected chi connectivity index (χ4v) is 4.52. The summed E-state index contributed by atoms with van der Waals surface area (Å²) in [7, 11) is 0. The molecule has 4 aromatic rings. The van der Waals surface area contributed by atoms with Crippen LogP contribution in [0.15, 0.2) is 57.8 Å². The van der Waals surface area contributed by atoms with Gasteiger partial charge in [-0.25, -0.2) is 4.39 Å². The van der Waals surface area contributed by atoms with Crippen molar-refractivity contribution in [2.75, 3.05) is 13.1 Å². The second-order valence-corrected chi connectivity index (χ2v) is 9.63. The fraction of sp³-hybridized carbons (Fsp3) is 0.357. The maximum absolute atomic E-state index is 13.8. The van der Waals surface area contributed by atoms with Crippen LogP contribution < -0.4 is 11.3 Å². The lowest BCUT2D eigenvalue weighted by Crippen LogP contribution is -2.42. The third kappa shape index (κ3) is 5.46. The summed E-state index contributed by atoms with van der Waals surface area (Å²) in [4.78, 5) is 34.1. The molecule has 9 heteroatoms. The van der Waals surface area contributed by atoms with Crippen molar-refractivity contribution in [3.63, 3.8) is 0 Å². The molecule has 1 atom stereocenters. The second-order valence-electron chi connectivity index (χ2n) is 9.63. The zero-order valence-corrected chi connectivity index (χ0v) is 21.6. The number of fused-ring (bicyclic) bond motifs is 1. The van der Waals surface area contributed by atoms with Crippen molar-refractivity contribution >= 4 is 17.0 Å². The molecule has 0 aliphatic rings. The molecule has 0 saturated heterocycles. The van der Waals surface area contributed by atoms with E-state index in [-0.39, 0.29) is 40.8 Å². The summed E-state index contributed by atoms with van der Waals surface area (Å²) in [6, 6.07) is 12.8. The third-order valence-electron chi connectivity index (χ3n) is 6.44. The van der Waals surface area contributed by atoms with Gasteiger partial charge in [0.1, 0.15) is 17.0 Å². The highest BCUT2D eigenvalue weighted by atomic mass is 19.1.